The summed E-state index contributed by atoms with van der Waals surface area (Å²) in [7, 11) is 16.8. The van der Waals surface area contributed by atoms with E-state index in [-0.39, 0.29) is 67.1 Å². The smallest absolute Gasteiger partial charge is 0.262 e. The van der Waals surface area contributed by atoms with Crippen LogP contribution in [0.15, 0.2) is 127 Å². The average molecular weight is 1340 g/mol. The van der Waals surface area contributed by atoms with E-state index in [1.54, 1.807) is 9.80 Å². The third-order valence-corrected chi connectivity index (χ3v) is 16.9. The molecule has 7 heterocycles. The molecule has 98 heavy (non-hydrogen) atoms. The van der Waals surface area contributed by atoms with E-state index in [0.29, 0.717) is 51.1 Å². The number of para-hydroxylation sites is 3. The van der Waals surface area contributed by atoms with Gasteiger partial charge in [-0.25, -0.2) is 0 Å². The van der Waals surface area contributed by atoms with Crippen LogP contribution in [0.5, 0.6) is 5.75 Å². The molecular formula is C72H90N16O10. The number of nitrogens with one attached hydrogen (secondary N) is 13. The van der Waals surface area contributed by atoms with Gasteiger partial charge >= 0.3 is 0 Å². The molecule has 0 bridgehead atoms. The first kappa shape index (κ1) is 72.6. The Kier molecular flexibility index (Phi) is 25.9. The van der Waals surface area contributed by atoms with E-state index in [2.05, 4.69) is 81.3 Å². The molecule has 7 amide bonds. The van der Waals surface area contributed by atoms with Gasteiger partial charge in [0.2, 0.25) is 35.4 Å². The Morgan fingerprint density at radius 2 is 1.03 bits per heavy atom. The number of aryl methyl sites for hydroxylation is 2. The van der Waals surface area contributed by atoms with Crippen LogP contribution in [0.2, 0.25) is 0 Å². The molecule has 0 fully saturated rings. The average Bonchev–Trinajstić information content (AvgIpc) is 0.817. The highest BCUT2D eigenvalue weighted by Gasteiger charge is 2.28. The van der Waals surface area contributed by atoms with Crippen molar-refractivity contribution < 1.29 is 48.5 Å². The molecule has 1 unspecified atom stereocenters. The molecule has 0 saturated carbocycles. The minimum absolute atomic E-state index is 0.000697. The minimum Gasteiger partial charge on any atom is -0.479 e. The molecule has 518 valence electrons. The summed E-state index contributed by atoms with van der Waals surface area (Å²) in [5, 5.41) is 56.5. The van der Waals surface area contributed by atoms with E-state index in [1.165, 1.54) is 11.1 Å². The standard InChI is InChI=1S/C12H16N2O2.C11H14N2O2.C11H14N2O.C10H13N3O.C10H12N2O.C9H11N3O.C9H10N2O2/c1-13-10-3-2-4-11-9(10)5-6-12(16)14(11)7-8-15;1-12-9-3-2-7-4-8(6-14)11(15)13-10(7)5-9;1-12-9-5-3-8-4-6-11(14)13(2)10(8)7-9;1-11-7-4-3-5-8-10(7)13(2)6-9(14)12-8;1-11-8-4-2-7-3-5-10(13)12-9(7)6-8;1-10-6-3-2-4-7-9(6)11-5-8(13)12-7;1-10-6-3-2-4-7-9(6)13-5-8(12)11-7/h2-4,13,15H,5-8H2,1H3;2-3,5,8,12,14H,4,6H2,1H3,(H,13,15);3,5,7,12H,4,6H2,1-2H3;3-5,11H,6H2,1-2H3,(H,12,14);2,4,6,11H,3,5H2,1H3,(H,12,13);2-4,10-11H,5H2,1H3,(H,12,13);2-4,10H,5H2,1H3,(H,11,12). The summed E-state index contributed by atoms with van der Waals surface area (Å²) in [5.74, 6) is 0.636. The largest absolute Gasteiger partial charge is 0.479 e. The first-order chi connectivity index (χ1) is 47.4. The maximum Gasteiger partial charge on any atom is 0.262 e. The number of carbonyl (C=O) groups is 7. The summed E-state index contributed by atoms with van der Waals surface area (Å²) >= 11 is 0. The Morgan fingerprint density at radius 1 is 0.480 bits per heavy atom. The number of likely N-dealkylation sites (N-methyl/N-ethyl adjacent to an activating group) is 1. The van der Waals surface area contributed by atoms with Crippen LogP contribution in [0, 0.1) is 5.92 Å². The van der Waals surface area contributed by atoms with Crippen LogP contribution in [-0.2, 0) is 59.2 Å². The summed E-state index contributed by atoms with van der Waals surface area (Å²) in [4.78, 5) is 84.4. The fourth-order valence-electron chi connectivity index (χ4n) is 11.7. The molecule has 7 aliphatic heterocycles. The third kappa shape index (κ3) is 18.4. The molecule has 7 aromatic carbocycles. The molecule has 15 N–H and O–H groups in total. The van der Waals surface area contributed by atoms with Crippen LogP contribution in [0.1, 0.15) is 41.5 Å². The van der Waals surface area contributed by atoms with Gasteiger partial charge in [-0.2, -0.15) is 0 Å². The van der Waals surface area contributed by atoms with Crippen molar-refractivity contribution in [3.05, 3.63) is 150 Å². The SMILES string of the molecule is CNc1ccc2c(c1)N(C)C(=O)CC2.CNc1ccc2c(c1)NC(=O)C(CO)C2.CNc1ccc2c(c1)NC(=O)CC2.CNc1cccc2c1CCC(=O)N2CCO.CNc1cccc2c1N(C)CC(=O)N2.CNc1cccc2c1NCC(=O)N2.CNc1cccc2c1OCC(=O)N2. The van der Waals surface area contributed by atoms with E-state index in [0.717, 1.165) is 121 Å². The zero-order valence-electron chi connectivity index (χ0n) is 56.9. The lowest BCUT2D eigenvalue weighted by Gasteiger charge is -2.30. The Balaban J connectivity index is 0.000000146. The van der Waals surface area contributed by atoms with Crippen molar-refractivity contribution in [1.29, 1.82) is 0 Å². The lowest BCUT2D eigenvalue weighted by atomic mass is 9.93. The quantitative estimate of drug-likeness (QED) is 0.0611. The Hall–Kier alpha value is -11.3. The molecule has 0 aromatic heterocycles. The van der Waals surface area contributed by atoms with Crippen LogP contribution in [0.25, 0.3) is 0 Å². The Labute approximate surface area is 571 Å². The highest BCUT2D eigenvalue weighted by atomic mass is 16.5. The number of aliphatic hydroxyl groups excluding tert-OH is 2. The Morgan fingerprint density at radius 3 is 1.69 bits per heavy atom. The van der Waals surface area contributed by atoms with Crippen LogP contribution >= 0.6 is 0 Å². The van der Waals surface area contributed by atoms with Gasteiger partial charge in [-0.3, -0.25) is 33.6 Å². The second-order valence-electron chi connectivity index (χ2n) is 23.2. The van der Waals surface area contributed by atoms with Crippen molar-refractivity contribution in [3.63, 3.8) is 0 Å². The van der Waals surface area contributed by atoms with Gasteiger partial charge in [-0.15, -0.1) is 0 Å². The highest BCUT2D eigenvalue weighted by molar-refractivity contribution is 6.05. The first-order valence-corrected chi connectivity index (χ1v) is 32.4. The molecule has 7 aromatic rings. The molecule has 0 spiro atoms. The second kappa shape index (κ2) is 34.9. The minimum atomic E-state index is -0.307. The van der Waals surface area contributed by atoms with Crippen molar-refractivity contribution in [1.82, 2.24) is 0 Å². The van der Waals surface area contributed by atoms with Gasteiger partial charge < -0.3 is 98.8 Å². The maximum absolute atomic E-state index is 11.7. The van der Waals surface area contributed by atoms with Crippen LogP contribution < -0.4 is 88.6 Å². The summed E-state index contributed by atoms with van der Waals surface area (Å²) in [6.07, 6.45) is 4.85. The molecule has 26 nitrogen and oxygen atoms in total. The molecule has 1 atom stereocenters. The van der Waals surface area contributed by atoms with E-state index in [1.807, 2.05) is 184 Å². The summed E-state index contributed by atoms with van der Waals surface area (Å²) in [6.45, 7) is 1.11. The van der Waals surface area contributed by atoms with E-state index in [4.69, 9.17) is 14.9 Å². The predicted octanol–water partition coefficient (Wildman–Crippen LogP) is 8.35. The van der Waals surface area contributed by atoms with Crippen molar-refractivity contribution >= 4 is 132 Å². The molecule has 26 heteroatoms. The van der Waals surface area contributed by atoms with Gasteiger partial charge in [0.1, 0.15) is 0 Å². The number of rotatable bonds is 10. The van der Waals surface area contributed by atoms with Crippen LogP contribution in [0.4, 0.5) is 91.0 Å². The molecule has 7 aliphatic rings. The van der Waals surface area contributed by atoms with E-state index >= 15 is 0 Å². The number of β-amino-alcohol motifs (C(OH)–C–C–N with tert-alkyl or cyclic N) is 1. The number of hydrogen-bond acceptors (Lipinski definition) is 19. The van der Waals surface area contributed by atoms with Gasteiger partial charge in [0.25, 0.3) is 5.91 Å². The summed E-state index contributed by atoms with van der Waals surface area (Å²) < 4.78 is 5.28. The predicted molar refractivity (Wildman–Crippen MR) is 394 cm³/mol. The maximum atomic E-state index is 11.7. The Bertz CT molecular complexity index is 3940. The first-order valence-electron chi connectivity index (χ1n) is 32.4. The molecule has 14 rings (SSSR count). The number of nitrogens with zero attached hydrogens (tertiary/aromatic N) is 3. The topological polar surface area (TPSA) is 335 Å². The number of carbonyl (C=O) groups excluding carboxylic acids is 7. The summed E-state index contributed by atoms with van der Waals surface area (Å²) in [6, 6.07) is 41.0. The molecule has 0 radical (unpaired) electrons. The van der Waals surface area contributed by atoms with Crippen molar-refractivity contribution in [3.8, 4) is 5.75 Å². The van der Waals surface area contributed by atoms with Gasteiger partial charge in [-0.1, -0.05) is 42.5 Å². The lowest BCUT2D eigenvalue weighted by molar-refractivity contribution is -0.121. The molecule has 0 saturated heterocycles. The zero-order valence-corrected chi connectivity index (χ0v) is 56.9. The van der Waals surface area contributed by atoms with Crippen molar-refractivity contribution in [2.45, 2.75) is 44.9 Å². The fraction of sp³-hybridized carbons (Fsp3) is 0.319. The number of aliphatic hydroxyl groups is 2. The fourth-order valence-corrected chi connectivity index (χ4v) is 11.7. The van der Waals surface area contributed by atoms with Crippen LogP contribution in [0.3, 0.4) is 0 Å². The lowest BCUT2D eigenvalue weighted by Crippen LogP contribution is -2.37. The number of ether oxygens (including phenoxy) is 1. The number of fused-ring (bicyclic) bond motifs is 7. The van der Waals surface area contributed by atoms with Gasteiger partial charge in [-0.05, 0) is 133 Å². The van der Waals surface area contributed by atoms with E-state index < -0.39 is 0 Å². The number of anilines is 16. The number of benzene rings is 7. The third-order valence-electron chi connectivity index (χ3n) is 16.9. The zero-order chi connectivity index (χ0) is 70.4. The monoisotopic (exact) mass is 1340 g/mol. The number of hydrogen-bond donors (Lipinski definition) is 15. The van der Waals surface area contributed by atoms with Gasteiger partial charge in [0.05, 0.1) is 77.7 Å². The normalized spacial score (nSPS) is 15.4. The highest BCUT2D eigenvalue weighted by Crippen LogP contribution is 2.38. The molecular weight excluding hydrogens is 1250 g/mol. The van der Waals surface area contributed by atoms with Crippen molar-refractivity contribution in [2.24, 2.45) is 5.92 Å². The number of amides is 7. The van der Waals surface area contributed by atoms with Crippen molar-refractivity contribution in [2.75, 3.05) is 187 Å². The molecule has 0 aliphatic carbocycles. The summed E-state index contributed by atoms with van der Waals surface area (Å²) in [5.41, 5.74) is 19.9. The van der Waals surface area contributed by atoms with Gasteiger partial charge in [0.15, 0.2) is 12.4 Å². The van der Waals surface area contributed by atoms with Gasteiger partial charge in [0, 0.05) is 135 Å². The van der Waals surface area contributed by atoms with Crippen LogP contribution in [-0.4, -0.2) is 154 Å². The second-order valence-corrected chi connectivity index (χ2v) is 23.2. The van der Waals surface area contributed by atoms with E-state index in [9.17, 15) is 33.6 Å².